The Balaban J connectivity index is 2.07. The molecule has 1 aromatic heterocycles. The minimum Gasteiger partial charge on any atom is -0.370 e. The van der Waals surface area contributed by atoms with E-state index in [1.54, 1.807) is 6.33 Å². The number of aromatic nitrogens is 2. The van der Waals surface area contributed by atoms with Gasteiger partial charge in [0.15, 0.2) is 0 Å². The molecule has 1 heterocycles. The molecule has 4 nitrogen and oxygen atoms in total. The molecule has 0 spiro atoms. The lowest BCUT2D eigenvalue weighted by Gasteiger charge is -2.15. The first kappa shape index (κ1) is 12.4. The van der Waals surface area contributed by atoms with E-state index in [2.05, 4.69) is 39.7 Å². The van der Waals surface area contributed by atoms with E-state index in [0.717, 1.165) is 18.2 Å². The fourth-order valence-corrected chi connectivity index (χ4v) is 1.76. The molecule has 0 bridgehead atoms. The van der Waals surface area contributed by atoms with Crippen molar-refractivity contribution in [2.24, 2.45) is 0 Å². The largest absolute Gasteiger partial charge is 0.370 e. The summed E-state index contributed by atoms with van der Waals surface area (Å²) in [6.45, 7) is 5.01. The van der Waals surface area contributed by atoms with Crippen LogP contribution in [0, 0.1) is 0 Å². The normalized spacial score (nSPS) is 11.9. The van der Waals surface area contributed by atoms with Crippen LogP contribution in [0.25, 0.3) is 0 Å². The van der Waals surface area contributed by atoms with Crippen LogP contribution in [0.1, 0.15) is 25.5 Å². The summed E-state index contributed by atoms with van der Waals surface area (Å²) in [4.78, 5) is 8.37. The van der Waals surface area contributed by atoms with E-state index in [4.69, 9.17) is 0 Å². The van der Waals surface area contributed by atoms with Gasteiger partial charge in [-0.3, -0.25) is 0 Å². The second-order valence-corrected chi connectivity index (χ2v) is 4.10. The van der Waals surface area contributed by atoms with Crippen LogP contribution < -0.4 is 10.6 Å². The molecule has 2 rings (SSSR count). The first-order valence-electron chi connectivity index (χ1n) is 6.17. The van der Waals surface area contributed by atoms with Gasteiger partial charge in [-0.2, -0.15) is 0 Å². The smallest absolute Gasteiger partial charge is 0.131 e. The molecule has 2 aromatic rings. The van der Waals surface area contributed by atoms with E-state index in [1.165, 1.54) is 5.56 Å². The maximum atomic E-state index is 4.22. The standard InChI is InChI=1S/C14H18N4/c1-3-15-13-9-14(17-10-16-13)18-11(2)12-7-5-4-6-8-12/h4-11H,3H2,1-2H3,(H2,15,16,17,18). The Labute approximate surface area is 107 Å². The topological polar surface area (TPSA) is 49.8 Å². The lowest BCUT2D eigenvalue weighted by Crippen LogP contribution is -2.09. The molecule has 0 saturated heterocycles. The van der Waals surface area contributed by atoms with Crippen molar-refractivity contribution in [2.45, 2.75) is 19.9 Å². The molecule has 1 unspecified atom stereocenters. The van der Waals surface area contributed by atoms with Crippen molar-refractivity contribution in [3.8, 4) is 0 Å². The van der Waals surface area contributed by atoms with Gasteiger partial charge in [0.1, 0.15) is 18.0 Å². The molecule has 2 N–H and O–H groups in total. The van der Waals surface area contributed by atoms with Gasteiger partial charge in [0.2, 0.25) is 0 Å². The molecule has 0 radical (unpaired) electrons. The molecule has 0 saturated carbocycles. The lowest BCUT2D eigenvalue weighted by atomic mass is 10.1. The van der Waals surface area contributed by atoms with Crippen LogP contribution >= 0.6 is 0 Å². The van der Waals surface area contributed by atoms with E-state index in [-0.39, 0.29) is 6.04 Å². The predicted octanol–water partition coefficient (Wildman–Crippen LogP) is 3.08. The second kappa shape index (κ2) is 6.00. The van der Waals surface area contributed by atoms with Crippen molar-refractivity contribution in [3.63, 3.8) is 0 Å². The Morgan fingerprint density at radius 2 is 1.83 bits per heavy atom. The van der Waals surface area contributed by atoms with E-state index >= 15 is 0 Å². The number of anilines is 2. The van der Waals surface area contributed by atoms with Gasteiger partial charge in [0.05, 0.1) is 0 Å². The van der Waals surface area contributed by atoms with Crippen LogP contribution in [-0.2, 0) is 0 Å². The van der Waals surface area contributed by atoms with Gasteiger partial charge in [-0.1, -0.05) is 30.3 Å². The average Bonchev–Trinajstić information content (AvgIpc) is 2.40. The predicted molar refractivity (Wildman–Crippen MR) is 74.7 cm³/mol. The third kappa shape index (κ3) is 3.20. The van der Waals surface area contributed by atoms with E-state index in [1.807, 2.05) is 31.2 Å². The summed E-state index contributed by atoms with van der Waals surface area (Å²) in [5, 5.41) is 6.54. The summed E-state index contributed by atoms with van der Waals surface area (Å²) in [6, 6.07) is 12.4. The van der Waals surface area contributed by atoms with Crippen molar-refractivity contribution in [3.05, 3.63) is 48.3 Å². The summed E-state index contributed by atoms with van der Waals surface area (Å²) in [6.07, 6.45) is 1.57. The fourth-order valence-electron chi connectivity index (χ4n) is 1.76. The lowest BCUT2D eigenvalue weighted by molar-refractivity contribution is 0.872. The Morgan fingerprint density at radius 3 is 2.56 bits per heavy atom. The van der Waals surface area contributed by atoms with Gasteiger partial charge in [-0.15, -0.1) is 0 Å². The van der Waals surface area contributed by atoms with Crippen molar-refractivity contribution in [2.75, 3.05) is 17.2 Å². The van der Waals surface area contributed by atoms with Crippen molar-refractivity contribution in [1.29, 1.82) is 0 Å². The summed E-state index contributed by atoms with van der Waals surface area (Å²) < 4.78 is 0. The van der Waals surface area contributed by atoms with Crippen LogP contribution in [0.3, 0.4) is 0 Å². The highest BCUT2D eigenvalue weighted by molar-refractivity contribution is 5.47. The summed E-state index contributed by atoms with van der Waals surface area (Å²) >= 11 is 0. The molecule has 1 atom stereocenters. The maximum Gasteiger partial charge on any atom is 0.131 e. The quantitative estimate of drug-likeness (QED) is 0.846. The minimum atomic E-state index is 0.218. The van der Waals surface area contributed by atoms with E-state index < -0.39 is 0 Å². The number of hydrogen-bond donors (Lipinski definition) is 2. The molecular weight excluding hydrogens is 224 g/mol. The van der Waals surface area contributed by atoms with Gasteiger partial charge in [-0.05, 0) is 19.4 Å². The molecular formula is C14H18N4. The summed E-state index contributed by atoms with van der Waals surface area (Å²) in [5.41, 5.74) is 1.24. The molecule has 0 aliphatic rings. The number of hydrogen-bond acceptors (Lipinski definition) is 4. The molecule has 0 amide bonds. The van der Waals surface area contributed by atoms with Crippen LogP contribution in [0.5, 0.6) is 0 Å². The number of rotatable bonds is 5. The minimum absolute atomic E-state index is 0.218. The van der Waals surface area contributed by atoms with Gasteiger partial charge in [0, 0.05) is 18.7 Å². The highest BCUT2D eigenvalue weighted by atomic mass is 15.1. The van der Waals surface area contributed by atoms with Crippen LogP contribution in [0.2, 0.25) is 0 Å². The molecule has 1 aromatic carbocycles. The zero-order valence-corrected chi connectivity index (χ0v) is 10.7. The molecule has 18 heavy (non-hydrogen) atoms. The third-order valence-corrected chi connectivity index (χ3v) is 2.69. The molecule has 0 fully saturated rings. The highest BCUT2D eigenvalue weighted by Gasteiger charge is 2.05. The monoisotopic (exact) mass is 242 g/mol. The van der Waals surface area contributed by atoms with E-state index in [9.17, 15) is 0 Å². The van der Waals surface area contributed by atoms with Gasteiger partial charge < -0.3 is 10.6 Å². The zero-order chi connectivity index (χ0) is 12.8. The SMILES string of the molecule is CCNc1cc(NC(C)c2ccccc2)ncn1. The molecule has 4 heteroatoms. The van der Waals surface area contributed by atoms with E-state index in [0.29, 0.717) is 0 Å². The van der Waals surface area contributed by atoms with Gasteiger partial charge in [-0.25, -0.2) is 9.97 Å². The molecule has 0 aliphatic carbocycles. The second-order valence-electron chi connectivity index (χ2n) is 4.10. The molecule has 0 aliphatic heterocycles. The fraction of sp³-hybridized carbons (Fsp3) is 0.286. The Hall–Kier alpha value is -2.10. The average molecular weight is 242 g/mol. The van der Waals surface area contributed by atoms with Crippen molar-refractivity contribution >= 4 is 11.6 Å². The molecule has 94 valence electrons. The van der Waals surface area contributed by atoms with Gasteiger partial charge >= 0.3 is 0 Å². The van der Waals surface area contributed by atoms with Crippen LogP contribution in [0.15, 0.2) is 42.7 Å². The van der Waals surface area contributed by atoms with Crippen LogP contribution in [0.4, 0.5) is 11.6 Å². The van der Waals surface area contributed by atoms with Crippen LogP contribution in [-0.4, -0.2) is 16.5 Å². The van der Waals surface area contributed by atoms with Crippen molar-refractivity contribution < 1.29 is 0 Å². The summed E-state index contributed by atoms with van der Waals surface area (Å²) in [5.74, 6) is 1.67. The van der Waals surface area contributed by atoms with Gasteiger partial charge in [0.25, 0.3) is 0 Å². The third-order valence-electron chi connectivity index (χ3n) is 2.69. The highest BCUT2D eigenvalue weighted by Crippen LogP contribution is 2.18. The number of nitrogens with one attached hydrogen (secondary N) is 2. The maximum absolute atomic E-state index is 4.22. The zero-order valence-electron chi connectivity index (χ0n) is 10.7. The van der Waals surface area contributed by atoms with Crippen molar-refractivity contribution in [1.82, 2.24) is 9.97 Å². The number of benzene rings is 1. The Kier molecular flexibility index (Phi) is 4.12. The number of nitrogens with zero attached hydrogens (tertiary/aromatic N) is 2. The first-order valence-corrected chi connectivity index (χ1v) is 6.17. The Bertz CT molecular complexity index is 484. The first-order chi connectivity index (χ1) is 8.79. The summed E-state index contributed by atoms with van der Waals surface area (Å²) in [7, 11) is 0. The Morgan fingerprint density at radius 1 is 1.11 bits per heavy atom.